The fourth-order valence-electron chi connectivity index (χ4n) is 3.99. The van der Waals surface area contributed by atoms with Crippen LogP contribution in [-0.2, 0) is 17.6 Å². The van der Waals surface area contributed by atoms with Gasteiger partial charge in [0.1, 0.15) is 4.83 Å². The molecule has 0 aliphatic heterocycles. The third-order valence-electron chi connectivity index (χ3n) is 5.44. The standard InChI is InChI=1S/C23H24N4O2S2/c1-14-8-9-17(15(2)12-14)27-22(29)20-16-6-3-4-7-18(16)31-21(20)26-23(27)30-13-19(28)25-11-5-10-24/h8-9,12H,3-7,11,13H2,1-2H3,(H,25,28). The summed E-state index contributed by atoms with van der Waals surface area (Å²) in [5, 5.41) is 12.6. The van der Waals surface area contributed by atoms with Gasteiger partial charge >= 0.3 is 0 Å². The molecule has 2 heterocycles. The molecule has 0 saturated heterocycles. The number of aryl methyl sites for hydroxylation is 4. The number of hydrogen-bond donors (Lipinski definition) is 1. The lowest BCUT2D eigenvalue weighted by Gasteiger charge is -2.15. The van der Waals surface area contributed by atoms with E-state index in [1.807, 2.05) is 32.0 Å². The Kier molecular flexibility index (Phi) is 6.44. The lowest BCUT2D eigenvalue weighted by Crippen LogP contribution is -2.27. The molecular weight excluding hydrogens is 428 g/mol. The third-order valence-corrected chi connectivity index (χ3v) is 7.57. The van der Waals surface area contributed by atoms with Gasteiger partial charge in [0.2, 0.25) is 5.91 Å². The number of thioether (sulfide) groups is 1. The smallest absolute Gasteiger partial charge is 0.267 e. The predicted octanol–water partition coefficient (Wildman–Crippen LogP) is 4.06. The monoisotopic (exact) mass is 452 g/mol. The maximum Gasteiger partial charge on any atom is 0.267 e. The van der Waals surface area contributed by atoms with E-state index in [1.165, 1.54) is 16.6 Å². The Labute approximate surface area is 189 Å². The Balaban J connectivity index is 1.80. The van der Waals surface area contributed by atoms with Crippen LogP contribution in [0.4, 0.5) is 0 Å². The highest BCUT2D eigenvalue weighted by atomic mass is 32.2. The second-order valence-corrected chi connectivity index (χ2v) is 9.79. The number of amides is 1. The maximum atomic E-state index is 13.8. The average Bonchev–Trinajstić information content (AvgIpc) is 3.12. The van der Waals surface area contributed by atoms with Gasteiger partial charge < -0.3 is 5.32 Å². The molecule has 0 unspecified atom stereocenters. The zero-order chi connectivity index (χ0) is 22.0. The highest BCUT2D eigenvalue weighted by Gasteiger charge is 2.23. The fourth-order valence-corrected chi connectivity index (χ4v) is 6.13. The molecule has 31 heavy (non-hydrogen) atoms. The summed E-state index contributed by atoms with van der Waals surface area (Å²) in [6, 6.07) is 8.01. The topological polar surface area (TPSA) is 87.8 Å². The molecule has 1 aromatic carbocycles. The molecule has 1 amide bonds. The van der Waals surface area contributed by atoms with Crippen LogP contribution in [0.5, 0.6) is 0 Å². The normalized spacial score (nSPS) is 13.1. The first-order valence-electron chi connectivity index (χ1n) is 10.4. The number of fused-ring (bicyclic) bond motifs is 3. The first-order valence-corrected chi connectivity index (χ1v) is 12.2. The first-order chi connectivity index (χ1) is 15.0. The maximum absolute atomic E-state index is 13.8. The van der Waals surface area contributed by atoms with Crippen molar-refractivity contribution in [2.24, 2.45) is 0 Å². The number of carbonyl (C=O) groups is 1. The van der Waals surface area contributed by atoms with E-state index in [0.717, 1.165) is 58.3 Å². The summed E-state index contributed by atoms with van der Waals surface area (Å²) >= 11 is 2.87. The Hall–Kier alpha value is -2.63. The summed E-state index contributed by atoms with van der Waals surface area (Å²) < 4.78 is 1.67. The van der Waals surface area contributed by atoms with Crippen LogP contribution >= 0.6 is 23.1 Å². The summed E-state index contributed by atoms with van der Waals surface area (Å²) in [6.07, 6.45) is 4.45. The second-order valence-electron chi connectivity index (χ2n) is 7.76. The minimum atomic E-state index is -0.174. The van der Waals surface area contributed by atoms with Crippen molar-refractivity contribution in [1.82, 2.24) is 14.9 Å². The van der Waals surface area contributed by atoms with Gasteiger partial charge in [-0.15, -0.1) is 11.3 Å². The van der Waals surface area contributed by atoms with Gasteiger partial charge in [-0.3, -0.25) is 14.2 Å². The molecule has 1 aliphatic rings. The van der Waals surface area contributed by atoms with Gasteiger partial charge in [-0.05, 0) is 56.7 Å². The second kappa shape index (κ2) is 9.25. The number of thiophene rings is 1. The van der Waals surface area contributed by atoms with Crippen molar-refractivity contribution in [2.75, 3.05) is 12.3 Å². The number of rotatable bonds is 6. The number of carbonyl (C=O) groups excluding carboxylic acids is 1. The Morgan fingerprint density at radius 2 is 2.13 bits per heavy atom. The molecule has 0 fully saturated rings. The zero-order valence-corrected chi connectivity index (χ0v) is 19.3. The van der Waals surface area contributed by atoms with Gasteiger partial charge in [-0.2, -0.15) is 5.26 Å². The number of benzene rings is 1. The number of nitrogens with one attached hydrogen (secondary N) is 1. The molecule has 160 valence electrons. The quantitative estimate of drug-likeness (QED) is 0.346. The number of hydrogen-bond acceptors (Lipinski definition) is 6. The van der Waals surface area contributed by atoms with Crippen molar-refractivity contribution in [3.05, 3.63) is 50.1 Å². The summed E-state index contributed by atoms with van der Waals surface area (Å²) in [5.41, 5.74) is 4.03. The molecule has 4 rings (SSSR count). The van der Waals surface area contributed by atoms with Crippen molar-refractivity contribution in [3.8, 4) is 11.8 Å². The van der Waals surface area contributed by atoms with Gasteiger partial charge in [0.15, 0.2) is 5.16 Å². The summed E-state index contributed by atoms with van der Waals surface area (Å²) in [5.74, 6) is -0.0356. The Morgan fingerprint density at radius 1 is 1.32 bits per heavy atom. The minimum Gasteiger partial charge on any atom is -0.354 e. The summed E-state index contributed by atoms with van der Waals surface area (Å²) in [4.78, 5) is 32.9. The van der Waals surface area contributed by atoms with Crippen LogP contribution < -0.4 is 10.9 Å². The number of nitriles is 1. The number of nitrogens with zero attached hydrogens (tertiary/aromatic N) is 3. The molecule has 0 saturated carbocycles. The summed E-state index contributed by atoms with van der Waals surface area (Å²) in [6.45, 7) is 4.34. The molecule has 6 nitrogen and oxygen atoms in total. The van der Waals surface area contributed by atoms with Crippen molar-refractivity contribution < 1.29 is 4.79 Å². The molecular formula is C23H24N4O2S2. The molecule has 0 radical (unpaired) electrons. The SMILES string of the molecule is Cc1ccc(-n2c(SCC(=O)NCCC#N)nc3sc4c(c3c2=O)CCCC4)c(C)c1. The lowest BCUT2D eigenvalue weighted by atomic mass is 9.97. The van der Waals surface area contributed by atoms with Crippen LogP contribution in [0.3, 0.4) is 0 Å². The van der Waals surface area contributed by atoms with Crippen LogP contribution in [0.2, 0.25) is 0 Å². The van der Waals surface area contributed by atoms with Crippen LogP contribution in [0, 0.1) is 25.2 Å². The minimum absolute atomic E-state index is 0.0521. The van der Waals surface area contributed by atoms with E-state index >= 15 is 0 Å². The van der Waals surface area contributed by atoms with Gasteiger partial charge in [-0.1, -0.05) is 29.5 Å². The van der Waals surface area contributed by atoms with Crippen molar-refractivity contribution >= 4 is 39.2 Å². The molecule has 1 N–H and O–H groups in total. The van der Waals surface area contributed by atoms with E-state index in [1.54, 1.807) is 15.9 Å². The van der Waals surface area contributed by atoms with Crippen LogP contribution in [0.25, 0.3) is 15.9 Å². The van der Waals surface area contributed by atoms with E-state index in [4.69, 9.17) is 10.2 Å². The van der Waals surface area contributed by atoms with Crippen molar-refractivity contribution in [2.45, 2.75) is 51.1 Å². The fraction of sp³-hybridized carbons (Fsp3) is 0.391. The van der Waals surface area contributed by atoms with Crippen LogP contribution in [0.1, 0.15) is 40.8 Å². The summed E-state index contributed by atoms with van der Waals surface area (Å²) in [7, 11) is 0. The van der Waals surface area contributed by atoms with Gasteiger partial charge in [-0.25, -0.2) is 4.98 Å². The molecule has 0 bridgehead atoms. The van der Waals surface area contributed by atoms with Crippen LogP contribution in [0.15, 0.2) is 28.2 Å². The number of aromatic nitrogens is 2. The van der Waals surface area contributed by atoms with Crippen molar-refractivity contribution in [3.63, 3.8) is 0 Å². The molecule has 2 aromatic heterocycles. The predicted molar refractivity (Wildman–Crippen MR) is 125 cm³/mol. The first kappa shape index (κ1) is 21.6. The average molecular weight is 453 g/mol. The molecule has 8 heteroatoms. The largest absolute Gasteiger partial charge is 0.354 e. The Bertz CT molecular complexity index is 1250. The van der Waals surface area contributed by atoms with Gasteiger partial charge in [0.25, 0.3) is 5.56 Å². The van der Waals surface area contributed by atoms with E-state index in [-0.39, 0.29) is 23.6 Å². The van der Waals surface area contributed by atoms with E-state index in [0.29, 0.717) is 11.7 Å². The van der Waals surface area contributed by atoms with E-state index in [9.17, 15) is 9.59 Å². The van der Waals surface area contributed by atoms with Gasteiger partial charge in [0, 0.05) is 11.4 Å². The highest BCUT2D eigenvalue weighted by molar-refractivity contribution is 7.99. The molecule has 3 aromatic rings. The highest BCUT2D eigenvalue weighted by Crippen LogP contribution is 2.35. The van der Waals surface area contributed by atoms with E-state index in [2.05, 4.69) is 11.4 Å². The van der Waals surface area contributed by atoms with Gasteiger partial charge in [0.05, 0.1) is 29.3 Å². The molecule has 1 aliphatic carbocycles. The zero-order valence-electron chi connectivity index (χ0n) is 17.7. The van der Waals surface area contributed by atoms with Crippen LogP contribution in [-0.4, -0.2) is 27.8 Å². The Morgan fingerprint density at radius 3 is 2.90 bits per heavy atom. The van der Waals surface area contributed by atoms with Crippen molar-refractivity contribution in [1.29, 1.82) is 5.26 Å². The third kappa shape index (κ3) is 4.39. The van der Waals surface area contributed by atoms with E-state index < -0.39 is 0 Å². The lowest BCUT2D eigenvalue weighted by molar-refractivity contribution is -0.118. The molecule has 0 spiro atoms. The molecule has 0 atom stereocenters.